The lowest BCUT2D eigenvalue weighted by molar-refractivity contribution is -0.137. The van der Waals surface area contributed by atoms with Gasteiger partial charge in [-0.25, -0.2) is 15.0 Å². The van der Waals surface area contributed by atoms with Gasteiger partial charge < -0.3 is 25.7 Å². The lowest BCUT2D eigenvalue weighted by atomic mass is 9.77. The molecule has 202 valence electrons. The zero-order valence-corrected chi connectivity index (χ0v) is 21.2. The van der Waals surface area contributed by atoms with E-state index < -0.39 is 17.8 Å². The van der Waals surface area contributed by atoms with Gasteiger partial charge >= 0.3 is 6.18 Å². The van der Waals surface area contributed by atoms with Crippen LogP contribution in [0.2, 0.25) is 0 Å². The number of aromatic nitrogens is 5. The number of H-pyrrole nitrogens is 1. The second-order valence-corrected chi connectivity index (χ2v) is 11.0. The zero-order valence-electron chi connectivity index (χ0n) is 21.2. The summed E-state index contributed by atoms with van der Waals surface area (Å²) in [5.74, 6) is 2.15. The van der Waals surface area contributed by atoms with Crippen LogP contribution in [-0.2, 0) is 12.6 Å². The van der Waals surface area contributed by atoms with Gasteiger partial charge in [-0.1, -0.05) is 0 Å². The average Bonchev–Trinajstić information content (AvgIpc) is 3.53. The monoisotopic (exact) mass is 527 g/mol. The quantitative estimate of drug-likeness (QED) is 0.281. The molecule has 2 aliphatic rings. The van der Waals surface area contributed by atoms with Crippen LogP contribution in [-0.4, -0.2) is 48.3 Å². The Bertz CT molecular complexity index is 1460. The van der Waals surface area contributed by atoms with Gasteiger partial charge in [0.15, 0.2) is 0 Å². The van der Waals surface area contributed by atoms with Gasteiger partial charge in [0, 0.05) is 18.7 Å². The summed E-state index contributed by atoms with van der Waals surface area (Å²) in [5, 5.41) is 15.2. The van der Waals surface area contributed by atoms with Gasteiger partial charge in [0.05, 0.1) is 34.1 Å². The summed E-state index contributed by atoms with van der Waals surface area (Å²) < 4.78 is 41.6. The number of nitrogens with two attached hydrogens (primary N) is 1. The molecule has 1 aromatic carbocycles. The van der Waals surface area contributed by atoms with Crippen molar-refractivity contribution in [1.29, 1.82) is 0 Å². The molecule has 3 atom stereocenters. The minimum atomic E-state index is -4.37. The maximum atomic E-state index is 13.2. The zero-order chi connectivity index (χ0) is 26.6. The number of alkyl halides is 3. The average molecular weight is 528 g/mol. The van der Waals surface area contributed by atoms with Crippen molar-refractivity contribution in [2.75, 3.05) is 12.3 Å². The number of hydrogen-bond donors (Lipinski definition) is 4. The Hall–Kier alpha value is -3.18. The number of nitrogens with zero attached hydrogens (tertiary/aromatic N) is 4. The number of fused-ring (bicyclic) bond motifs is 2. The Kier molecular flexibility index (Phi) is 6.30. The van der Waals surface area contributed by atoms with Gasteiger partial charge in [0.2, 0.25) is 0 Å². The highest BCUT2D eigenvalue weighted by Crippen LogP contribution is 2.38. The minimum absolute atomic E-state index is 0.0254. The minimum Gasteiger partial charge on any atom is -0.391 e. The van der Waals surface area contributed by atoms with E-state index in [0.29, 0.717) is 34.7 Å². The Balaban J connectivity index is 0.971. The van der Waals surface area contributed by atoms with E-state index in [4.69, 9.17) is 5.73 Å². The molecule has 8 nitrogen and oxygen atoms in total. The first-order chi connectivity index (χ1) is 18.2. The first-order valence-electron chi connectivity index (χ1n) is 13.2. The van der Waals surface area contributed by atoms with E-state index in [1.165, 1.54) is 19.3 Å². The van der Waals surface area contributed by atoms with Gasteiger partial charge in [0.25, 0.3) is 0 Å². The smallest absolute Gasteiger partial charge is 0.391 e. The molecule has 6 rings (SSSR count). The van der Waals surface area contributed by atoms with Crippen LogP contribution in [0.15, 0.2) is 30.7 Å². The highest BCUT2D eigenvalue weighted by atomic mass is 19.4. The Labute approximate surface area is 217 Å². The summed E-state index contributed by atoms with van der Waals surface area (Å²) in [6.07, 6.45) is 4.06. The number of hydrogen-bond acceptors (Lipinski definition) is 6. The number of nitrogens with one attached hydrogen (secondary N) is 2. The molecular weight excluding hydrogens is 495 g/mol. The first kappa shape index (κ1) is 25.1. The van der Waals surface area contributed by atoms with Gasteiger partial charge in [-0.2, -0.15) is 13.2 Å². The third-order valence-electron chi connectivity index (χ3n) is 8.39. The van der Waals surface area contributed by atoms with Crippen LogP contribution in [0, 0.1) is 18.8 Å². The molecule has 0 spiro atoms. The van der Waals surface area contributed by atoms with Crippen LogP contribution in [0.1, 0.15) is 55.1 Å². The van der Waals surface area contributed by atoms with E-state index in [2.05, 4.69) is 25.3 Å². The molecule has 0 unspecified atom stereocenters. The van der Waals surface area contributed by atoms with Crippen molar-refractivity contribution < 1.29 is 18.3 Å². The highest BCUT2D eigenvalue weighted by molar-refractivity contribution is 5.86. The molecule has 0 bridgehead atoms. The summed E-state index contributed by atoms with van der Waals surface area (Å²) in [6.45, 7) is 2.34. The van der Waals surface area contributed by atoms with E-state index in [0.717, 1.165) is 68.0 Å². The van der Waals surface area contributed by atoms with E-state index in [9.17, 15) is 18.3 Å². The molecule has 4 aromatic rings. The van der Waals surface area contributed by atoms with Gasteiger partial charge in [-0.05, 0) is 81.2 Å². The predicted octanol–water partition coefficient (Wildman–Crippen LogP) is 4.53. The van der Waals surface area contributed by atoms with E-state index in [-0.39, 0.29) is 11.6 Å². The van der Waals surface area contributed by atoms with Gasteiger partial charge in [0.1, 0.15) is 23.6 Å². The molecule has 11 heteroatoms. The van der Waals surface area contributed by atoms with Crippen molar-refractivity contribution >= 4 is 27.9 Å². The normalized spacial score (nSPS) is 25.9. The van der Waals surface area contributed by atoms with Crippen LogP contribution in [0.5, 0.6) is 0 Å². The number of halogens is 3. The van der Waals surface area contributed by atoms with E-state index >= 15 is 0 Å². The van der Waals surface area contributed by atoms with Crippen LogP contribution in [0.25, 0.3) is 22.1 Å². The molecule has 5 N–H and O–H groups in total. The Morgan fingerprint density at radius 1 is 1.16 bits per heavy atom. The predicted molar refractivity (Wildman–Crippen MR) is 138 cm³/mol. The molecular formula is C27H32F3N7O. The molecule has 2 saturated carbocycles. The Morgan fingerprint density at radius 3 is 2.76 bits per heavy atom. The second kappa shape index (κ2) is 9.53. The number of rotatable bonds is 7. The molecule has 0 radical (unpaired) electrons. The molecule has 2 aliphatic carbocycles. The topological polar surface area (TPSA) is 118 Å². The fourth-order valence-corrected chi connectivity index (χ4v) is 6.27. The fourth-order valence-electron chi connectivity index (χ4n) is 6.27. The number of anilines is 1. The number of aromatic amines is 1. The van der Waals surface area contributed by atoms with Crippen LogP contribution in [0.3, 0.4) is 0 Å². The molecule has 0 saturated heterocycles. The van der Waals surface area contributed by atoms with Crippen molar-refractivity contribution in [3.63, 3.8) is 0 Å². The van der Waals surface area contributed by atoms with E-state index in [1.54, 1.807) is 0 Å². The third kappa shape index (κ3) is 4.73. The van der Waals surface area contributed by atoms with Crippen LogP contribution in [0.4, 0.5) is 19.0 Å². The first-order valence-corrected chi connectivity index (χ1v) is 13.2. The van der Waals surface area contributed by atoms with Crippen molar-refractivity contribution in [2.24, 2.45) is 11.8 Å². The summed E-state index contributed by atoms with van der Waals surface area (Å²) in [4.78, 5) is 16.0. The molecule has 3 aromatic heterocycles. The lowest BCUT2D eigenvalue weighted by Gasteiger charge is -2.36. The summed E-state index contributed by atoms with van der Waals surface area (Å²) in [7, 11) is 0. The molecule has 3 heterocycles. The largest absolute Gasteiger partial charge is 0.416 e. The highest BCUT2D eigenvalue weighted by Gasteiger charge is 2.36. The molecule has 0 aliphatic heterocycles. The van der Waals surface area contributed by atoms with Crippen molar-refractivity contribution in [2.45, 2.75) is 69.8 Å². The maximum Gasteiger partial charge on any atom is 0.416 e. The summed E-state index contributed by atoms with van der Waals surface area (Å²) in [6, 6.07) is 5.01. The van der Waals surface area contributed by atoms with Gasteiger partial charge in [-0.15, -0.1) is 0 Å². The number of benzene rings is 1. The van der Waals surface area contributed by atoms with Crippen LogP contribution < -0.4 is 11.1 Å². The fraction of sp³-hybridized carbons (Fsp3) is 0.519. The van der Waals surface area contributed by atoms with Crippen molar-refractivity contribution in [3.05, 3.63) is 47.7 Å². The van der Waals surface area contributed by atoms with Crippen LogP contribution >= 0.6 is 0 Å². The molecule has 2 fully saturated rings. The number of aliphatic hydroxyl groups excluding tert-OH is 1. The standard InChI is InChI=1S/C27H32F3N7O/c1-14-6-20-21(11-19(14)27(28,29)30)36-24(35-20)3-2-15-7-17(8-15)32-12-16-9-22(23(38)10-16)37-5-4-18-25(31)33-13-34-26(18)37/h4-6,11,13,15-17,22-23,32,38H,2-3,7-10,12H2,1H3,(H,35,36)(H2,31,33,34)/t15?,16-,17?,22+,23+/m0/s1. The number of aliphatic hydroxyl groups is 1. The van der Waals surface area contributed by atoms with Gasteiger partial charge in [-0.3, -0.25) is 0 Å². The second-order valence-electron chi connectivity index (χ2n) is 11.0. The van der Waals surface area contributed by atoms with Crippen molar-refractivity contribution in [1.82, 2.24) is 29.8 Å². The Morgan fingerprint density at radius 2 is 1.97 bits per heavy atom. The maximum absolute atomic E-state index is 13.2. The number of nitrogen functional groups attached to an aromatic ring is 1. The molecule has 0 amide bonds. The third-order valence-corrected chi connectivity index (χ3v) is 8.39. The summed E-state index contributed by atoms with van der Waals surface area (Å²) in [5.41, 5.74) is 7.32. The lowest BCUT2D eigenvalue weighted by Crippen LogP contribution is -2.43. The SMILES string of the molecule is Cc1cc2[nH]c(CCC3CC(NC[C@@H]4C[C@@H](O)[C@H](n5ccc6c(N)ncnc65)C4)C3)nc2cc1C(F)(F)F. The number of aryl methyl sites for hydroxylation is 2. The number of imidazole rings is 1. The summed E-state index contributed by atoms with van der Waals surface area (Å²) >= 11 is 0. The van der Waals surface area contributed by atoms with Crippen molar-refractivity contribution in [3.8, 4) is 0 Å². The van der Waals surface area contributed by atoms with E-state index in [1.807, 2.05) is 16.8 Å². The molecule has 38 heavy (non-hydrogen) atoms.